The van der Waals surface area contributed by atoms with Gasteiger partial charge in [-0.25, -0.2) is 0 Å². The number of aromatic amines is 2. The first kappa shape index (κ1) is 17.5. The maximum Gasteiger partial charge on any atom is 0.313 e. The second-order valence-corrected chi connectivity index (χ2v) is 7.90. The van der Waals surface area contributed by atoms with Crippen molar-refractivity contribution in [1.29, 1.82) is 0 Å². The molecule has 6 nitrogen and oxygen atoms in total. The van der Waals surface area contributed by atoms with Crippen molar-refractivity contribution in [1.82, 2.24) is 10.2 Å². The molecule has 3 rings (SSSR count). The van der Waals surface area contributed by atoms with Crippen LogP contribution in [0.25, 0.3) is 0 Å². The minimum Gasteiger partial charge on any atom is -0.460 e. The van der Waals surface area contributed by atoms with E-state index in [2.05, 4.69) is 10.2 Å². The highest BCUT2D eigenvalue weighted by Gasteiger charge is 2.51. The average Bonchev–Trinajstić information content (AvgIpc) is 2.84. The van der Waals surface area contributed by atoms with Gasteiger partial charge < -0.3 is 14.9 Å². The molecule has 0 spiro atoms. The van der Waals surface area contributed by atoms with Gasteiger partial charge >= 0.3 is 5.97 Å². The zero-order chi connectivity index (χ0) is 18.4. The molecular weight excluding hydrogens is 320 g/mol. The van der Waals surface area contributed by atoms with Gasteiger partial charge in [-0.3, -0.25) is 14.7 Å². The van der Waals surface area contributed by atoms with Gasteiger partial charge in [0, 0.05) is 23.6 Å². The van der Waals surface area contributed by atoms with Gasteiger partial charge in [0.25, 0.3) is 5.56 Å². The number of esters is 1. The standard InChI is InChI=1S/C19H24N2O4/c1-18(2,3)25-17(23)15-13(11-8-6-5-7-9-11)14-12(10-19(15,4)24)20-21-16(14)22/h5-9,13,15,24H,10H2,1-4H3,(H2,20,21,22)/t13-,15-,19-/m0/s1. The van der Waals surface area contributed by atoms with Crippen LogP contribution >= 0.6 is 0 Å². The number of ether oxygens (including phenoxy) is 1. The summed E-state index contributed by atoms with van der Waals surface area (Å²) in [6.07, 6.45) is 0.175. The minimum atomic E-state index is -1.35. The molecular formula is C19H24N2O4. The van der Waals surface area contributed by atoms with Gasteiger partial charge in [0.2, 0.25) is 0 Å². The molecule has 0 fully saturated rings. The number of rotatable bonds is 2. The number of H-pyrrole nitrogens is 2. The second kappa shape index (κ2) is 5.88. The van der Waals surface area contributed by atoms with Gasteiger partial charge in [-0.05, 0) is 33.3 Å². The number of benzene rings is 1. The fourth-order valence-electron chi connectivity index (χ4n) is 3.64. The monoisotopic (exact) mass is 344 g/mol. The van der Waals surface area contributed by atoms with Gasteiger partial charge in [0.05, 0.1) is 11.5 Å². The molecule has 1 aromatic carbocycles. The SMILES string of the molecule is CC(C)(C)OC(=O)[C@@H]1[C@@H](c2ccccc2)c2c([nH][nH]c2=O)C[C@]1(C)O. The lowest BCUT2D eigenvalue weighted by atomic mass is 9.66. The number of aliphatic hydroxyl groups is 1. The van der Waals surface area contributed by atoms with Crippen molar-refractivity contribution in [3.8, 4) is 0 Å². The van der Waals surface area contributed by atoms with E-state index in [0.717, 1.165) is 5.56 Å². The first-order chi connectivity index (χ1) is 11.6. The summed E-state index contributed by atoms with van der Waals surface area (Å²) in [6, 6.07) is 9.30. The largest absolute Gasteiger partial charge is 0.460 e. The number of aromatic nitrogens is 2. The van der Waals surface area contributed by atoms with Crippen LogP contribution in [0.2, 0.25) is 0 Å². The first-order valence-corrected chi connectivity index (χ1v) is 8.40. The minimum absolute atomic E-state index is 0.175. The Morgan fingerprint density at radius 2 is 1.88 bits per heavy atom. The van der Waals surface area contributed by atoms with Crippen LogP contribution in [-0.2, 0) is 16.0 Å². The summed E-state index contributed by atoms with van der Waals surface area (Å²) in [5.41, 5.74) is -0.380. The van der Waals surface area contributed by atoms with Crippen molar-refractivity contribution in [3.05, 3.63) is 57.5 Å². The van der Waals surface area contributed by atoms with Crippen LogP contribution in [0.5, 0.6) is 0 Å². The number of hydrogen-bond donors (Lipinski definition) is 3. The highest BCUT2D eigenvalue weighted by atomic mass is 16.6. The summed E-state index contributed by atoms with van der Waals surface area (Å²) in [7, 11) is 0. The summed E-state index contributed by atoms with van der Waals surface area (Å²) in [4.78, 5) is 25.3. The summed E-state index contributed by atoms with van der Waals surface area (Å²) in [5.74, 6) is -1.96. The number of fused-ring (bicyclic) bond motifs is 1. The van der Waals surface area contributed by atoms with Crippen molar-refractivity contribution in [2.24, 2.45) is 5.92 Å². The first-order valence-electron chi connectivity index (χ1n) is 8.40. The second-order valence-electron chi connectivity index (χ2n) is 7.90. The lowest BCUT2D eigenvalue weighted by molar-refractivity contribution is -0.171. The topological polar surface area (TPSA) is 95.2 Å². The molecule has 0 aliphatic heterocycles. The Balaban J connectivity index is 2.17. The summed E-state index contributed by atoms with van der Waals surface area (Å²) >= 11 is 0. The predicted octanol–water partition coefficient (Wildman–Crippen LogP) is 2.10. The Labute approximate surface area is 146 Å². The maximum absolute atomic E-state index is 13.0. The lowest BCUT2D eigenvalue weighted by Gasteiger charge is -2.41. The van der Waals surface area contributed by atoms with E-state index in [-0.39, 0.29) is 12.0 Å². The summed E-state index contributed by atoms with van der Waals surface area (Å²) in [5, 5.41) is 16.5. The number of carbonyl (C=O) groups is 1. The normalized spacial score (nSPS) is 26.1. The van der Waals surface area contributed by atoms with E-state index in [4.69, 9.17) is 4.74 Å². The Hall–Kier alpha value is -2.34. The molecule has 1 aromatic heterocycles. The summed E-state index contributed by atoms with van der Waals surface area (Å²) < 4.78 is 5.57. The summed E-state index contributed by atoms with van der Waals surface area (Å²) in [6.45, 7) is 6.98. The van der Waals surface area contributed by atoms with E-state index in [1.807, 2.05) is 30.3 Å². The van der Waals surface area contributed by atoms with Crippen molar-refractivity contribution in [3.63, 3.8) is 0 Å². The highest BCUT2D eigenvalue weighted by molar-refractivity contribution is 5.77. The average molecular weight is 344 g/mol. The number of carbonyl (C=O) groups excluding carboxylic acids is 1. The number of hydrogen-bond acceptors (Lipinski definition) is 4. The van der Waals surface area contributed by atoms with Crippen LogP contribution < -0.4 is 5.56 Å². The fraction of sp³-hybridized carbons (Fsp3) is 0.474. The van der Waals surface area contributed by atoms with Crippen molar-refractivity contribution in [2.45, 2.75) is 51.2 Å². The van der Waals surface area contributed by atoms with Crippen LogP contribution in [-0.4, -0.2) is 32.5 Å². The van der Waals surface area contributed by atoms with Crippen molar-refractivity contribution >= 4 is 5.97 Å². The number of nitrogens with one attached hydrogen (secondary N) is 2. The molecule has 0 saturated carbocycles. The van der Waals surface area contributed by atoms with E-state index in [9.17, 15) is 14.7 Å². The molecule has 0 unspecified atom stereocenters. The Morgan fingerprint density at radius 1 is 1.24 bits per heavy atom. The van der Waals surface area contributed by atoms with Crippen molar-refractivity contribution < 1.29 is 14.6 Å². The molecule has 1 aliphatic rings. The molecule has 0 bridgehead atoms. The Bertz CT molecular complexity index is 827. The van der Waals surface area contributed by atoms with Gasteiger partial charge in [0.1, 0.15) is 5.60 Å². The molecule has 1 aliphatic carbocycles. The van der Waals surface area contributed by atoms with E-state index >= 15 is 0 Å². The maximum atomic E-state index is 13.0. The van der Waals surface area contributed by atoms with Crippen LogP contribution in [0.15, 0.2) is 35.1 Å². The van der Waals surface area contributed by atoms with Gasteiger partial charge in [-0.1, -0.05) is 30.3 Å². The molecule has 25 heavy (non-hydrogen) atoms. The quantitative estimate of drug-likeness (QED) is 0.727. The predicted molar refractivity (Wildman–Crippen MR) is 93.4 cm³/mol. The van der Waals surface area contributed by atoms with Gasteiger partial charge in [0.15, 0.2) is 0 Å². The molecule has 3 atom stereocenters. The molecule has 134 valence electrons. The third-order valence-corrected chi connectivity index (χ3v) is 4.57. The zero-order valence-electron chi connectivity index (χ0n) is 14.9. The zero-order valence-corrected chi connectivity index (χ0v) is 14.9. The molecule has 0 saturated heterocycles. The molecule has 1 heterocycles. The smallest absolute Gasteiger partial charge is 0.313 e. The van der Waals surface area contributed by atoms with Crippen LogP contribution in [0.1, 0.15) is 50.4 Å². The van der Waals surface area contributed by atoms with Crippen molar-refractivity contribution in [2.75, 3.05) is 0 Å². The highest BCUT2D eigenvalue weighted by Crippen LogP contribution is 2.44. The van der Waals surface area contributed by atoms with Crippen LogP contribution in [0.4, 0.5) is 0 Å². The van der Waals surface area contributed by atoms with Crippen LogP contribution in [0, 0.1) is 5.92 Å². The molecule has 2 aromatic rings. The van der Waals surface area contributed by atoms with Crippen LogP contribution in [0.3, 0.4) is 0 Å². The Morgan fingerprint density at radius 3 is 2.48 bits per heavy atom. The van der Waals surface area contributed by atoms with E-state index in [1.165, 1.54) is 0 Å². The van der Waals surface area contributed by atoms with E-state index in [1.54, 1.807) is 27.7 Å². The van der Waals surface area contributed by atoms with E-state index in [0.29, 0.717) is 11.3 Å². The van der Waals surface area contributed by atoms with E-state index < -0.39 is 29.0 Å². The lowest BCUT2D eigenvalue weighted by Crippen LogP contribution is -2.51. The molecule has 6 heteroatoms. The molecule has 3 N–H and O–H groups in total. The molecule has 0 radical (unpaired) electrons. The van der Waals surface area contributed by atoms with Gasteiger partial charge in [-0.2, -0.15) is 0 Å². The van der Waals surface area contributed by atoms with Gasteiger partial charge in [-0.15, -0.1) is 0 Å². The third kappa shape index (κ3) is 3.26. The molecule has 0 amide bonds. The third-order valence-electron chi connectivity index (χ3n) is 4.57. The Kier molecular flexibility index (Phi) is 4.11. The fourth-order valence-corrected chi connectivity index (χ4v) is 3.64.